The van der Waals surface area contributed by atoms with Gasteiger partial charge in [-0.05, 0) is 12.8 Å². The van der Waals surface area contributed by atoms with E-state index >= 15 is 0 Å². The molecule has 0 saturated heterocycles. The Hall–Kier alpha value is -0.860. The highest BCUT2D eigenvalue weighted by molar-refractivity contribution is 6.36. The second-order valence-electron chi connectivity index (χ2n) is 2.28. The number of hydrogen-bond donors (Lipinski definition) is 1. The van der Waals surface area contributed by atoms with Crippen molar-refractivity contribution in [2.75, 3.05) is 6.54 Å². The number of ketones is 1. The van der Waals surface area contributed by atoms with E-state index in [0.717, 1.165) is 6.42 Å². The van der Waals surface area contributed by atoms with E-state index in [-0.39, 0.29) is 5.78 Å². The van der Waals surface area contributed by atoms with Crippen molar-refractivity contribution in [3.8, 4) is 0 Å². The fourth-order valence-corrected chi connectivity index (χ4v) is 0.641. The maximum Gasteiger partial charge on any atom is 0.287 e. The van der Waals surface area contributed by atoms with Crippen LogP contribution in [0.15, 0.2) is 0 Å². The third-order valence-corrected chi connectivity index (χ3v) is 1.19. The molecule has 0 aliphatic heterocycles. The minimum absolute atomic E-state index is 0.332. The van der Waals surface area contributed by atoms with Crippen LogP contribution in [0.2, 0.25) is 0 Å². The molecule has 1 amide bonds. The van der Waals surface area contributed by atoms with Gasteiger partial charge in [-0.25, -0.2) is 0 Å². The van der Waals surface area contributed by atoms with E-state index in [4.69, 9.17) is 0 Å². The smallest absolute Gasteiger partial charge is 0.287 e. The molecule has 0 unspecified atom stereocenters. The third kappa shape index (κ3) is 4.53. The molecule has 1 N–H and O–H groups in total. The van der Waals surface area contributed by atoms with Crippen LogP contribution in [0.1, 0.15) is 26.2 Å². The summed E-state index contributed by atoms with van der Waals surface area (Å²) < 4.78 is 0. The molecule has 3 heteroatoms. The lowest BCUT2D eigenvalue weighted by molar-refractivity contribution is -0.137. The summed E-state index contributed by atoms with van der Waals surface area (Å²) in [6.07, 6.45) is 1.67. The molecule has 0 aromatic heterocycles. The number of carbonyl (C=O) groups excluding carboxylic acids is 2. The normalized spacial score (nSPS) is 9.27. The van der Waals surface area contributed by atoms with Crippen molar-refractivity contribution >= 4 is 11.7 Å². The van der Waals surface area contributed by atoms with Crippen molar-refractivity contribution in [2.24, 2.45) is 0 Å². The molecule has 0 aliphatic carbocycles. The van der Waals surface area contributed by atoms with Crippen molar-refractivity contribution in [3.63, 3.8) is 0 Å². The standard InChI is InChI=1S/C8H14NO2/c1-3-5-7(10)8(11)9-6-4-2/h2-6H2,1H3,(H,9,11). The zero-order valence-corrected chi connectivity index (χ0v) is 6.85. The number of hydrogen-bond acceptors (Lipinski definition) is 2. The molecule has 0 fully saturated rings. The highest BCUT2D eigenvalue weighted by atomic mass is 16.2. The van der Waals surface area contributed by atoms with Gasteiger partial charge in [0.05, 0.1) is 0 Å². The fourth-order valence-electron chi connectivity index (χ4n) is 0.641. The van der Waals surface area contributed by atoms with Crippen LogP contribution in [-0.4, -0.2) is 18.2 Å². The Morgan fingerprint density at radius 2 is 2.09 bits per heavy atom. The molecule has 11 heavy (non-hydrogen) atoms. The van der Waals surface area contributed by atoms with Gasteiger partial charge in [-0.2, -0.15) is 0 Å². The van der Waals surface area contributed by atoms with E-state index in [1.165, 1.54) is 0 Å². The first-order chi connectivity index (χ1) is 5.22. The van der Waals surface area contributed by atoms with Crippen LogP contribution in [0.3, 0.4) is 0 Å². The van der Waals surface area contributed by atoms with E-state index in [0.29, 0.717) is 19.4 Å². The zero-order chi connectivity index (χ0) is 8.69. The van der Waals surface area contributed by atoms with Crippen molar-refractivity contribution in [3.05, 3.63) is 6.92 Å². The predicted octanol–water partition coefficient (Wildman–Crippen LogP) is 0.696. The summed E-state index contributed by atoms with van der Waals surface area (Å²) in [6.45, 7) is 5.88. The van der Waals surface area contributed by atoms with Gasteiger partial charge in [-0.15, -0.1) is 0 Å². The fraction of sp³-hybridized carbons (Fsp3) is 0.625. The summed E-state index contributed by atoms with van der Waals surface area (Å²) in [5.41, 5.74) is 0. The zero-order valence-electron chi connectivity index (χ0n) is 6.85. The first-order valence-corrected chi connectivity index (χ1v) is 3.82. The molecule has 1 radical (unpaired) electrons. The van der Waals surface area contributed by atoms with Crippen molar-refractivity contribution < 1.29 is 9.59 Å². The summed E-state index contributed by atoms with van der Waals surface area (Å²) in [4.78, 5) is 21.6. The number of carbonyl (C=O) groups is 2. The van der Waals surface area contributed by atoms with Gasteiger partial charge < -0.3 is 5.32 Å². The topological polar surface area (TPSA) is 46.2 Å². The number of nitrogens with one attached hydrogen (secondary N) is 1. The Morgan fingerprint density at radius 1 is 1.45 bits per heavy atom. The molecule has 0 spiro atoms. The van der Waals surface area contributed by atoms with Crippen LogP contribution in [0.5, 0.6) is 0 Å². The third-order valence-electron chi connectivity index (χ3n) is 1.19. The van der Waals surface area contributed by atoms with Crippen LogP contribution >= 0.6 is 0 Å². The lowest BCUT2D eigenvalue weighted by atomic mass is 10.2. The number of rotatable bonds is 5. The first kappa shape index (κ1) is 10.1. The Kier molecular flexibility index (Phi) is 5.43. The lowest BCUT2D eigenvalue weighted by Crippen LogP contribution is -2.31. The van der Waals surface area contributed by atoms with Gasteiger partial charge in [0.25, 0.3) is 5.91 Å². The van der Waals surface area contributed by atoms with Gasteiger partial charge in [-0.1, -0.05) is 13.8 Å². The summed E-state index contributed by atoms with van der Waals surface area (Å²) in [6, 6.07) is 0. The largest absolute Gasteiger partial charge is 0.350 e. The predicted molar refractivity (Wildman–Crippen MR) is 42.9 cm³/mol. The second kappa shape index (κ2) is 5.89. The maximum atomic E-state index is 10.8. The van der Waals surface area contributed by atoms with Gasteiger partial charge in [-0.3, -0.25) is 9.59 Å². The Balaban J connectivity index is 3.56. The average molecular weight is 156 g/mol. The Labute approximate surface area is 67.2 Å². The van der Waals surface area contributed by atoms with E-state index in [1.807, 2.05) is 6.92 Å². The second-order valence-corrected chi connectivity index (χ2v) is 2.28. The molecular formula is C8H14NO2. The molecular weight excluding hydrogens is 142 g/mol. The molecule has 0 bridgehead atoms. The summed E-state index contributed by atoms with van der Waals surface area (Å²) in [7, 11) is 0. The monoisotopic (exact) mass is 156 g/mol. The van der Waals surface area contributed by atoms with Crippen LogP contribution in [-0.2, 0) is 9.59 Å². The van der Waals surface area contributed by atoms with Crippen LogP contribution in [0.4, 0.5) is 0 Å². The average Bonchev–Trinajstić information content (AvgIpc) is 2.00. The molecule has 63 valence electrons. The van der Waals surface area contributed by atoms with Crippen LogP contribution < -0.4 is 5.32 Å². The lowest BCUT2D eigenvalue weighted by Gasteiger charge is -1.99. The minimum Gasteiger partial charge on any atom is -0.350 e. The molecule has 0 heterocycles. The SMILES string of the molecule is [CH2]CCNC(=O)C(=O)CCC. The maximum absolute atomic E-state index is 10.8. The molecule has 0 aliphatic rings. The van der Waals surface area contributed by atoms with Gasteiger partial charge in [0.2, 0.25) is 5.78 Å². The molecule has 0 saturated carbocycles. The number of amides is 1. The molecule has 0 rings (SSSR count). The minimum atomic E-state index is -0.476. The van der Waals surface area contributed by atoms with E-state index in [2.05, 4.69) is 12.2 Å². The highest BCUT2D eigenvalue weighted by Crippen LogP contribution is 1.88. The molecule has 3 nitrogen and oxygen atoms in total. The van der Waals surface area contributed by atoms with Crippen LogP contribution in [0, 0.1) is 6.92 Å². The van der Waals surface area contributed by atoms with E-state index in [1.54, 1.807) is 0 Å². The van der Waals surface area contributed by atoms with Crippen LogP contribution in [0.25, 0.3) is 0 Å². The van der Waals surface area contributed by atoms with Gasteiger partial charge in [0, 0.05) is 13.0 Å². The molecule has 0 aromatic rings. The summed E-state index contributed by atoms with van der Waals surface area (Å²) in [5.74, 6) is -0.809. The van der Waals surface area contributed by atoms with Crippen molar-refractivity contribution in [2.45, 2.75) is 26.2 Å². The van der Waals surface area contributed by atoms with Crippen molar-refractivity contribution in [1.29, 1.82) is 0 Å². The number of Topliss-reactive ketones (excluding diaryl/α,β-unsaturated/α-hetero) is 1. The van der Waals surface area contributed by atoms with E-state index in [9.17, 15) is 9.59 Å². The highest BCUT2D eigenvalue weighted by Gasteiger charge is 2.09. The van der Waals surface area contributed by atoms with Gasteiger partial charge in [0.15, 0.2) is 0 Å². The Morgan fingerprint density at radius 3 is 2.55 bits per heavy atom. The molecule has 0 aromatic carbocycles. The first-order valence-electron chi connectivity index (χ1n) is 3.82. The van der Waals surface area contributed by atoms with Crippen molar-refractivity contribution in [1.82, 2.24) is 5.32 Å². The molecule has 0 atom stereocenters. The summed E-state index contributed by atoms with van der Waals surface area (Å²) >= 11 is 0. The quantitative estimate of drug-likeness (QED) is 0.595. The van der Waals surface area contributed by atoms with Gasteiger partial charge in [0.1, 0.15) is 0 Å². The van der Waals surface area contributed by atoms with E-state index < -0.39 is 5.91 Å². The summed E-state index contributed by atoms with van der Waals surface area (Å²) in [5, 5.41) is 2.47. The Bertz CT molecular complexity index is 143. The van der Waals surface area contributed by atoms with Gasteiger partial charge >= 0.3 is 0 Å².